The molecule has 0 bridgehead atoms. The van der Waals surface area contributed by atoms with Crippen molar-refractivity contribution in [1.82, 2.24) is 5.06 Å². The fraction of sp³-hybridized carbons (Fsp3) is 0.0833. The predicted molar refractivity (Wildman–Crippen MR) is 72.8 cm³/mol. The molecule has 0 aliphatic carbocycles. The maximum Gasteiger partial charge on any atom is 0.338 e. The second-order valence-electron chi connectivity index (χ2n) is 3.70. The Bertz CT molecular complexity index is 571. The maximum absolute atomic E-state index is 10.7. The van der Waals surface area contributed by atoms with Crippen LogP contribution in [0.5, 0.6) is 11.5 Å². The zero-order valence-electron chi connectivity index (χ0n) is 9.75. The summed E-state index contributed by atoms with van der Waals surface area (Å²) < 4.78 is 5.59. The summed E-state index contributed by atoms with van der Waals surface area (Å²) in [7, 11) is 0. The van der Waals surface area contributed by atoms with E-state index in [0.29, 0.717) is 21.6 Å². The number of carbonyl (C=O) groups is 1. The summed E-state index contributed by atoms with van der Waals surface area (Å²) in [5, 5.41) is 12.1. The van der Waals surface area contributed by atoms with Gasteiger partial charge in [-0.05, 0) is 30.3 Å². The lowest BCUT2D eigenvalue weighted by molar-refractivity contribution is -0.0462. The van der Waals surface area contributed by atoms with E-state index in [-0.39, 0.29) is 6.54 Å². The number of urea groups is 1. The first-order valence-corrected chi connectivity index (χ1v) is 6.57. The van der Waals surface area contributed by atoms with E-state index in [1.54, 1.807) is 35.7 Å². The molecule has 3 N–H and O–H groups in total. The van der Waals surface area contributed by atoms with E-state index in [9.17, 15) is 10.0 Å². The molecule has 0 atom stereocenters. The molecule has 5 nitrogen and oxygen atoms in total. The Morgan fingerprint density at radius 1 is 1.37 bits per heavy atom. The van der Waals surface area contributed by atoms with Gasteiger partial charge in [0, 0.05) is 15.3 Å². The number of amides is 2. The maximum atomic E-state index is 10.7. The first-order valence-electron chi connectivity index (χ1n) is 5.31. The van der Waals surface area contributed by atoms with Gasteiger partial charge in [-0.3, -0.25) is 5.21 Å². The van der Waals surface area contributed by atoms with E-state index in [1.165, 1.54) is 11.3 Å². The van der Waals surface area contributed by atoms with Crippen molar-refractivity contribution in [2.24, 2.45) is 5.73 Å². The number of primary amides is 1. The van der Waals surface area contributed by atoms with Gasteiger partial charge in [-0.1, -0.05) is 11.6 Å². The Morgan fingerprint density at radius 3 is 2.68 bits per heavy atom. The molecule has 7 heteroatoms. The van der Waals surface area contributed by atoms with Crippen molar-refractivity contribution < 1.29 is 14.7 Å². The van der Waals surface area contributed by atoms with E-state index >= 15 is 0 Å². The SMILES string of the molecule is NC(=O)N(O)Cc1cc(Oc2ccc(Cl)cc2)cs1. The second kappa shape index (κ2) is 5.92. The molecular weight excluding hydrogens is 288 g/mol. The second-order valence-corrected chi connectivity index (χ2v) is 5.13. The number of halogens is 1. The van der Waals surface area contributed by atoms with Crippen LogP contribution in [0.2, 0.25) is 5.02 Å². The summed E-state index contributed by atoms with van der Waals surface area (Å²) >= 11 is 7.13. The number of nitrogens with zero attached hydrogens (tertiary/aromatic N) is 1. The molecule has 0 spiro atoms. The smallest absolute Gasteiger partial charge is 0.338 e. The molecule has 0 unspecified atom stereocenters. The normalized spacial score (nSPS) is 10.2. The van der Waals surface area contributed by atoms with E-state index in [1.807, 2.05) is 0 Å². The van der Waals surface area contributed by atoms with Crippen molar-refractivity contribution in [2.75, 3.05) is 0 Å². The van der Waals surface area contributed by atoms with Gasteiger partial charge < -0.3 is 10.5 Å². The average molecular weight is 299 g/mol. The number of hydrogen-bond acceptors (Lipinski definition) is 4. The Labute approximate surface area is 118 Å². The van der Waals surface area contributed by atoms with Gasteiger partial charge in [0.1, 0.15) is 11.5 Å². The summed E-state index contributed by atoms with van der Waals surface area (Å²) in [5.74, 6) is 1.28. The first-order chi connectivity index (χ1) is 9.04. The highest BCUT2D eigenvalue weighted by atomic mass is 35.5. The van der Waals surface area contributed by atoms with Gasteiger partial charge in [0.25, 0.3) is 0 Å². The lowest BCUT2D eigenvalue weighted by Crippen LogP contribution is -2.31. The molecule has 19 heavy (non-hydrogen) atoms. The van der Waals surface area contributed by atoms with Gasteiger partial charge in [-0.15, -0.1) is 11.3 Å². The molecule has 0 saturated carbocycles. The average Bonchev–Trinajstić information content (AvgIpc) is 2.79. The van der Waals surface area contributed by atoms with Crippen molar-refractivity contribution in [3.8, 4) is 11.5 Å². The lowest BCUT2D eigenvalue weighted by atomic mass is 10.3. The van der Waals surface area contributed by atoms with Crippen LogP contribution in [0.3, 0.4) is 0 Å². The molecule has 1 heterocycles. The first kappa shape index (κ1) is 13.7. The molecule has 1 aromatic heterocycles. The third-order valence-electron chi connectivity index (χ3n) is 2.24. The minimum atomic E-state index is -0.895. The lowest BCUT2D eigenvalue weighted by Gasteiger charge is -2.09. The summed E-state index contributed by atoms with van der Waals surface area (Å²) in [6, 6.07) is 7.79. The summed E-state index contributed by atoms with van der Waals surface area (Å²) in [6.45, 7) is 0.0317. The van der Waals surface area contributed by atoms with Crippen molar-refractivity contribution in [3.05, 3.63) is 45.6 Å². The van der Waals surface area contributed by atoms with Gasteiger partial charge >= 0.3 is 6.03 Å². The third-order valence-corrected chi connectivity index (χ3v) is 3.39. The molecule has 0 aliphatic rings. The Balaban J connectivity index is 2.01. The van der Waals surface area contributed by atoms with Crippen LogP contribution in [-0.4, -0.2) is 16.3 Å². The van der Waals surface area contributed by atoms with Gasteiger partial charge in [0.2, 0.25) is 0 Å². The quantitative estimate of drug-likeness (QED) is 0.670. The Kier molecular flexibility index (Phi) is 4.26. The number of hydrogen-bond donors (Lipinski definition) is 2. The van der Waals surface area contributed by atoms with Crippen molar-refractivity contribution in [3.63, 3.8) is 0 Å². The van der Waals surface area contributed by atoms with Gasteiger partial charge in [0.15, 0.2) is 0 Å². The molecule has 1 aromatic carbocycles. The highest BCUT2D eigenvalue weighted by Crippen LogP contribution is 2.28. The van der Waals surface area contributed by atoms with E-state index < -0.39 is 6.03 Å². The van der Waals surface area contributed by atoms with Crippen LogP contribution < -0.4 is 10.5 Å². The molecule has 0 fully saturated rings. The highest BCUT2D eigenvalue weighted by Gasteiger charge is 2.09. The molecular formula is C12H11ClN2O3S. The Hall–Kier alpha value is -1.76. The number of hydroxylamine groups is 2. The van der Waals surface area contributed by atoms with Crippen LogP contribution in [-0.2, 0) is 6.54 Å². The van der Waals surface area contributed by atoms with E-state index in [2.05, 4.69) is 0 Å². The number of nitrogens with two attached hydrogens (primary N) is 1. The number of benzene rings is 1. The van der Waals surface area contributed by atoms with Crippen molar-refractivity contribution in [2.45, 2.75) is 6.54 Å². The van der Waals surface area contributed by atoms with Crippen LogP contribution in [0.4, 0.5) is 4.79 Å². The number of rotatable bonds is 4. The minimum absolute atomic E-state index is 0.0317. The van der Waals surface area contributed by atoms with Crippen LogP contribution in [0, 0.1) is 0 Å². The van der Waals surface area contributed by atoms with E-state index in [4.69, 9.17) is 22.1 Å². The van der Waals surface area contributed by atoms with Gasteiger partial charge in [-0.2, -0.15) is 0 Å². The van der Waals surface area contributed by atoms with E-state index in [0.717, 1.165) is 4.88 Å². The Morgan fingerprint density at radius 2 is 2.05 bits per heavy atom. The van der Waals surface area contributed by atoms with Gasteiger partial charge in [0.05, 0.1) is 6.54 Å². The monoisotopic (exact) mass is 298 g/mol. The molecule has 2 aromatic rings. The highest BCUT2D eigenvalue weighted by molar-refractivity contribution is 7.10. The molecule has 100 valence electrons. The molecule has 0 saturated heterocycles. The minimum Gasteiger partial charge on any atom is -0.456 e. The molecule has 0 aliphatic heterocycles. The topological polar surface area (TPSA) is 75.8 Å². The van der Waals surface area contributed by atoms with Crippen LogP contribution >= 0.6 is 22.9 Å². The van der Waals surface area contributed by atoms with Crippen LogP contribution in [0.1, 0.15) is 4.88 Å². The van der Waals surface area contributed by atoms with Crippen LogP contribution in [0.25, 0.3) is 0 Å². The zero-order chi connectivity index (χ0) is 13.8. The fourth-order valence-electron chi connectivity index (χ4n) is 1.36. The zero-order valence-corrected chi connectivity index (χ0v) is 11.3. The largest absolute Gasteiger partial charge is 0.456 e. The van der Waals surface area contributed by atoms with Crippen molar-refractivity contribution >= 4 is 29.0 Å². The summed E-state index contributed by atoms with van der Waals surface area (Å²) in [5.41, 5.74) is 4.93. The predicted octanol–water partition coefficient (Wildman–Crippen LogP) is 3.46. The molecule has 2 rings (SSSR count). The summed E-state index contributed by atoms with van der Waals surface area (Å²) in [4.78, 5) is 11.4. The number of thiophene rings is 1. The number of carbonyl (C=O) groups excluding carboxylic acids is 1. The third kappa shape index (κ3) is 3.85. The molecule has 0 radical (unpaired) electrons. The summed E-state index contributed by atoms with van der Waals surface area (Å²) in [6.07, 6.45) is 0. The molecule has 2 amide bonds. The van der Waals surface area contributed by atoms with Crippen molar-refractivity contribution in [1.29, 1.82) is 0 Å². The fourth-order valence-corrected chi connectivity index (χ4v) is 2.25. The standard InChI is InChI=1S/C12H11ClN2O3S/c13-8-1-3-9(4-2-8)18-10-5-11(19-7-10)6-15(17)12(14)16/h1-5,7,17H,6H2,(H2,14,16). The van der Waals surface area contributed by atoms with Crippen LogP contribution in [0.15, 0.2) is 35.7 Å². The van der Waals surface area contributed by atoms with Gasteiger partial charge in [-0.25, -0.2) is 9.86 Å². The number of ether oxygens (including phenoxy) is 1.